The molecule has 0 spiro atoms. The Morgan fingerprint density at radius 2 is 1.03 bits per heavy atom. The molecule has 0 fully saturated rings. The molecule has 34 heavy (non-hydrogen) atoms. The number of aliphatic hydroxyl groups excluding tert-OH is 13. The molecule has 0 rings (SSSR count). The Hall–Kier alpha value is -0.520. The van der Waals surface area contributed by atoms with E-state index in [1.807, 2.05) is 0 Å². The van der Waals surface area contributed by atoms with E-state index >= 15 is 0 Å². The molecule has 0 aliphatic carbocycles. The molecule has 0 saturated carbocycles. The van der Waals surface area contributed by atoms with Gasteiger partial charge in [-0.3, -0.25) is 0 Å². The molecule has 0 saturated heterocycles. The maximum atomic E-state index is 10.4. The summed E-state index contributed by atoms with van der Waals surface area (Å²) in [4.78, 5) is 0. The summed E-state index contributed by atoms with van der Waals surface area (Å²) in [6, 6.07) is 0. The number of hydrogen-bond acceptors (Lipinski definition) is 13. The predicted molar refractivity (Wildman–Crippen MR) is 117 cm³/mol. The summed E-state index contributed by atoms with van der Waals surface area (Å²) >= 11 is 0. The summed E-state index contributed by atoms with van der Waals surface area (Å²) in [5.41, 5.74) is 0. The van der Waals surface area contributed by atoms with Crippen molar-refractivity contribution in [1.82, 2.24) is 0 Å². The fourth-order valence-electron chi connectivity index (χ4n) is 3.42. The predicted octanol–water partition coefficient (Wildman–Crippen LogP) is -5.27. The maximum absolute atomic E-state index is 10.4. The minimum absolute atomic E-state index is 0.206. The fourth-order valence-corrected chi connectivity index (χ4v) is 3.42. The van der Waals surface area contributed by atoms with Crippen LogP contribution in [0, 0.1) is 12.3 Å². The van der Waals surface area contributed by atoms with Gasteiger partial charge in [0.15, 0.2) is 0 Å². The van der Waals surface area contributed by atoms with Crippen molar-refractivity contribution >= 4 is 0 Å². The molecule has 13 N–H and O–H groups in total. The van der Waals surface area contributed by atoms with Gasteiger partial charge in [0.1, 0.15) is 24.4 Å². The van der Waals surface area contributed by atoms with Gasteiger partial charge in [-0.05, 0) is 39.0 Å². The van der Waals surface area contributed by atoms with Gasteiger partial charge < -0.3 is 66.4 Å². The maximum Gasteiger partial charge on any atom is 0.108 e. The normalized spacial score (nSPS) is 24.1. The first-order valence-corrected chi connectivity index (χ1v) is 11.3. The van der Waals surface area contributed by atoms with E-state index in [1.54, 1.807) is 0 Å². The molecule has 0 aliphatic rings. The molecule has 13 unspecified atom stereocenters. The molecule has 0 heterocycles. The highest BCUT2D eigenvalue weighted by Gasteiger charge is 2.35. The second-order valence-corrected chi connectivity index (χ2v) is 8.94. The van der Waals surface area contributed by atoms with Crippen molar-refractivity contribution in [3.8, 4) is 0 Å². The number of aliphatic hydroxyl groups is 13. The van der Waals surface area contributed by atoms with Crippen LogP contribution in [0.25, 0.3) is 0 Å². The van der Waals surface area contributed by atoms with Crippen LogP contribution in [0.15, 0.2) is 0 Å². The second kappa shape index (κ2) is 16.3. The molecule has 13 nitrogen and oxygen atoms in total. The van der Waals surface area contributed by atoms with Crippen LogP contribution in [-0.2, 0) is 0 Å². The molecule has 0 bridgehead atoms. The summed E-state index contributed by atoms with van der Waals surface area (Å²) in [5.74, 6) is -1.13. The summed E-state index contributed by atoms with van der Waals surface area (Å²) in [7, 11) is 0. The van der Waals surface area contributed by atoms with E-state index in [0.29, 0.717) is 0 Å². The van der Waals surface area contributed by atoms with Crippen LogP contribution in [0.5, 0.6) is 0 Å². The molecule has 0 amide bonds. The lowest BCUT2D eigenvalue weighted by Gasteiger charge is -2.32. The first-order chi connectivity index (χ1) is 15.6. The Labute approximate surface area is 198 Å². The molecule has 13 heteroatoms. The zero-order valence-electron chi connectivity index (χ0n) is 19.4. The van der Waals surface area contributed by atoms with Crippen molar-refractivity contribution in [2.24, 2.45) is 5.92 Å². The number of rotatable bonds is 18. The van der Waals surface area contributed by atoms with Crippen molar-refractivity contribution in [2.45, 2.75) is 113 Å². The van der Waals surface area contributed by atoms with E-state index in [4.69, 9.17) is 5.11 Å². The molecule has 0 aromatic carbocycles. The quantitative estimate of drug-likeness (QED) is 0.0834. The van der Waals surface area contributed by atoms with Crippen LogP contribution >= 0.6 is 0 Å². The molecule has 0 aliphatic heterocycles. The van der Waals surface area contributed by atoms with Gasteiger partial charge >= 0.3 is 0 Å². The lowest BCUT2D eigenvalue weighted by molar-refractivity contribution is -0.109. The van der Waals surface area contributed by atoms with Gasteiger partial charge in [-0.2, -0.15) is 0 Å². The third-order valence-electron chi connectivity index (χ3n) is 5.83. The van der Waals surface area contributed by atoms with Gasteiger partial charge in [0, 0.05) is 12.8 Å². The van der Waals surface area contributed by atoms with Crippen molar-refractivity contribution in [3.05, 3.63) is 6.42 Å². The van der Waals surface area contributed by atoms with Gasteiger partial charge in [0.25, 0.3) is 0 Å². The third-order valence-corrected chi connectivity index (χ3v) is 5.83. The Balaban J connectivity index is 5.17. The SMILES string of the molecule is CC(O)C(O)CC(O)[CH]C(CCC(O)C(O)C(O)CC(O)C(O)C(C)O)C(O)C(O)C(O)CO. The van der Waals surface area contributed by atoms with E-state index in [9.17, 15) is 61.3 Å². The third kappa shape index (κ3) is 11.5. The van der Waals surface area contributed by atoms with Crippen LogP contribution in [0.4, 0.5) is 0 Å². The van der Waals surface area contributed by atoms with Crippen LogP contribution in [-0.4, -0.2) is 146 Å². The number of hydrogen-bond donors (Lipinski definition) is 13. The summed E-state index contributed by atoms with van der Waals surface area (Å²) in [6.45, 7) is 1.64. The Morgan fingerprint density at radius 1 is 0.500 bits per heavy atom. The Bertz CT molecular complexity index is 523. The van der Waals surface area contributed by atoms with E-state index < -0.39 is 92.2 Å². The van der Waals surface area contributed by atoms with Gasteiger partial charge in [0.05, 0.1) is 55.4 Å². The van der Waals surface area contributed by atoms with Crippen LogP contribution in [0.2, 0.25) is 0 Å². The van der Waals surface area contributed by atoms with E-state index in [2.05, 4.69) is 0 Å². The average Bonchev–Trinajstić information content (AvgIpc) is 2.78. The van der Waals surface area contributed by atoms with E-state index in [0.717, 1.165) is 6.42 Å². The highest BCUT2D eigenvalue weighted by atomic mass is 16.4. The summed E-state index contributed by atoms with van der Waals surface area (Å²) in [5, 5.41) is 127. The first-order valence-electron chi connectivity index (χ1n) is 11.3. The highest BCUT2D eigenvalue weighted by molar-refractivity contribution is 4.94. The minimum Gasteiger partial charge on any atom is -0.394 e. The Kier molecular flexibility index (Phi) is 16.0. The van der Waals surface area contributed by atoms with Crippen LogP contribution < -0.4 is 0 Å². The monoisotopic (exact) mass is 503 g/mol. The lowest BCUT2D eigenvalue weighted by atomic mass is 9.83. The first kappa shape index (κ1) is 33.5. The van der Waals surface area contributed by atoms with Crippen molar-refractivity contribution in [3.63, 3.8) is 0 Å². The largest absolute Gasteiger partial charge is 0.394 e. The van der Waals surface area contributed by atoms with E-state index in [-0.39, 0.29) is 19.3 Å². The summed E-state index contributed by atoms with van der Waals surface area (Å²) in [6.07, 6.45) is -19.0. The van der Waals surface area contributed by atoms with Crippen LogP contribution in [0.3, 0.4) is 0 Å². The molecular weight excluding hydrogens is 460 g/mol. The molecule has 13 atom stereocenters. The zero-order valence-corrected chi connectivity index (χ0v) is 19.4. The highest BCUT2D eigenvalue weighted by Crippen LogP contribution is 2.25. The second-order valence-electron chi connectivity index (χ2n) is 8.94. The average molecular weight is 504 g/mol. The van der Waals surface area contributed by atoms with Crippen molar-refractivity contribution in [2.75, 3.05) is 6.61 Å². The molecular formula is C21H43O13. The molecule has 1 radical (unpaired) electrons. The van der Waals surface area contributed by atoms with Crippen molar-refractivity contribution < 1.29 is 66.4 Å². The standard InChI is InChI=1S/C21H43O13/c1-9(23)14(27)6-12(25)5-11(19(32)21(34)17(30)8-22)3-4-13(26)20(33)16(29)7-15(28)18(31)10(2)24/h5,9-34H,3-4,6-8H2,1-2H3. The molecule has 0 aromatic rings. The fraction of sp³-hybridized carbons (Fsp3) is 0.952. The topological polar surface area (TPSA) is 263 Å². The molecule has 205 valence electrons. The van der Waals surface area contributed by atoms with Crippen LogP contribution in [0.1, 0.15) is 39.5 Å². The molecule has 0 aromatic heterocycles. The van der Waals surface area contributed by atoms with Gasteiger partial charge in [-0.1, -0.05) is 0 Å². The lowest BCUT2D eigenvalue weighted by Crippen LogP contribution is -2.46. The minimum atomic E-state index is -1.84. The zero-order chi connectivity index (χ0) is 26.7. The summed E-state index contributed by atoms with van der Waals surface area (Å²) < 4.78 is 0. The van der Waals surface area contributed by atoms with Gasteiger partial charge in [-0.15, -0.1) is 0 Å². The smallest absolute Gasteiger partial charge is 0.108 e. The van der Waals surface area contributed by atoms with Gasteiger partial charge in [0.2, 0.25) is 0 Å². The Morgan fingerprint density at radius 3 is 1.50 bits per heavy atom. The van der Waals surface area contributed by atoms with Gasteiger partial charge in [-0.25, -0.2) is 0 Å². The van der Waals surface area contributed by atoms with E-state index in [1.165, 1.54) is 13.8 Å². The van der Waals surface area contributed by atoms with Crippen molar-refractivity contribution in [1.29, 1.82) is 0 Å².